The summed E-state index contributed by atoms with van der Waals surface area (Å²) in [5.41, 5.74) is 2.13. The van der Waals surface area contributed by atoms with Crippen LogP contribution in [0.1, 0.15) is 43.0 Å². The Morgan fingerprint density at radius 2 is 1.96 bits per heavy atom. The van der Waals surface area contributed by atoms with Crippen molar-refractivity contribution in [2.45, 2.75) is 31.7 Å². The van der Waals surface area contributed by atoms with Crippen molar-refractivity contribution >= 4 is 17.6 Å². The van der Waals surface area contributed by atoms with Gasteiger partial charge in [0.25, 0.3) is 0 Å². The summed E-state index contributed by atoms with van der Waals surface area (Å²) in [4.78, 5) is 8.70. The van der Waals surface area contributed by atoms with E-state index in [1.165, 1.54) is 30.7 Å². The summed E-state index contributed by atoms with van der Waals surface area (Å²) < 4.78 is 13.0. The van der Waals surface area contributed by atoms with Crippen molar-refractivity contribution in [1.82, 2.24) is 20.2 Å². The van der Waals surface area contributed by atoms with E-state index in [9.17, 15) is 4.39 Å². The topological polar surface area (TPSA) is 78.5 Å². The number of anilines is 3. The lowest BCUT2D eigenvalue weighted by atomic mass is 10.1. The highest BCUT2D eigenvalue weighted by Crippen LogP contribution is 2.39. The van der Waals surface area contributed by atoms with Crippen molar-refractivity contribution in [2.75, 3.05) is 10.6 Å². The molecule has 0 bridgehead atoms. The van der Waals surface area contributed by atoms with E-state index in [2.05, 4.69) is 30.8 Å². The molecular formula is C18H19FN6. The summed E-state index contributed by atoms with van der Waals surface area (Å²) >= 11 is 0. The molecule has 1 atom stereocenters. The fraction of sp³-hybridized carbons (Fsp3) is 0.278. The Morgan fingerprint density at radius 3 is 2.72 bits per heavy atom. The smallest absolute Gasteiger partial charge is 0.225 e. The van der Waals surface area contributed by atoms with Crippen molar-refractivity contribution in [1.29, 1.82) is 0 Å². The van der Waals surface area contributed by atoms with Crippen LogP contribution in [-0.4, -0.2) is 20.2 Å². The van der Waals surface area contributed by atoms with Crippen LogP contribution < -0.4 is 10.6 Å². The second-order valence-electron chi connectivity index (χ2n) is 6.29. The third-order valence-electron chi connectivity index (χ3n) is 4.24. The van der Waals surface area contributed by atoms with E-state index in [4.69, 9.17) is 0 Å². The van der Waals surface area contributed by atoms with Gasteiger partial charge in [0.05, 0.1) is 6.04 Å². The molecular weight excluding hydrogens is 319 g/mol. The van der Waals surface area contributed by atoms with Gasteiger partial charge in [-0.25, -0.2) is 9.37 Å². The highest BCUT2D eigenvalue weighted by molar-refractivity contribution is 5.53. The molecule has 1 saturated carbocycles. The molecule has 2 heterocycles. The van der Waals surface area contributed by atoms with Crippen molar-refractivity contribution in [3.63, 3.8) is 0 Å². The molecule has 0 radical (unpaired) electrons. The molecule has 0 saturated heterocycles. The molecule has 0 aliphatic heterocycles. The first-order valence-corrected chi connectivity index (χ1v) is 8.35. The van der Waals surface area contributed by atoms with Crippen LogP contribution in [0.2, 0.25) is 0 Å². The van der Waals surface area contributed by atoms with E-state index in [1.807, 2.05) is 13.0 Å². The molecule has 0 spiro atoms. The lowest BCUT2D eigenvalue weighted by molar-refractivity contribution is 0.626. The number of halogens is 1. The lowest BCUT2D eigenvalue weighted by Crippen LogP contribution is -2.10. The number of aromatic amines is 1. The van der Waals surface area contributed by atoms with E-state index in [-0.39, 0.29) is 11.9 Å². The van der Waals surface area contributed by atoms with Crippen LogP contribution >= 0.6 is 0 Å². The molecule has 1 aliphatic carbocycles. The fourth-order valence-electron chi connectivity index (χ4n) is 2.66. The minimum Gasteiger partial charge on any atom is -0.348 e. The highest BCUT2D eigenvalue weighted by atomic mass is 19.1. The normalized spacial score (nSPS) is 15.0. The number of nitrogens with one attached hydrogen (secondary N) is 3. The second-order valence-corrected chi connectivity index (χ2v) is 6.29. The van der Waals surface area contributed by atoms with Gasteiger partial charge in [-0.05, 0) is 43.5 Å². The number of nitrogens with zero attached hydrogens (tertiary/aromatic N) is 3. The maximum absolute atomic E-state index is 13.0. The summed E-state index contributed by atoms with van der Waals surface area (Å²) in [7, 11) is 0. The zero-order chi connectivity index (χ0) is 17.2. The number of rotatable bonds is 6. The summed E-state index contributed by atoms with van der Waals surface area (Å²) in [5.74, 6) is 2.29. The van der Waals surface area contributed by atoms with Gasteiger partial charge in [0.15, 0.2) is 5.82 Å². The van der Waals surface area contributed by atoms with Gasteiger partial charge < -0.3 is 10.6 Å². The fourth-order valence-corrected chi connectivity index (χ4v) is 2.66. The first kappa shape index (κ1) is 15.6. The minimum absolute atomic E-state index is 0.0392. The van der Waals surface area contributed by atoms with E-state index in [1.54, 1.807) is 24.4 Å². The first-order valence-electron chi connectivity index (χ1n) is 8.35. The molecule has 128 valence electrons. The lowest BCUT2D eigenvalue weighted by Gasteiger charge is -2.14. The van der Waals surface area contributed by atoms with Crippen molar-refractivity contribution < 1.29 is 4.39 Å². The van der Waals surface area contributed by atoms with E-state index >= 15 is 0 Å². The number of H-pyrrole nitrogens is 1. The Hall–Kier alpha value is -2.96. The Labute approximate surface area is 144 Å². The van der Waals surface area contributed by atoms with Gasteiger partial charge in [0.1, 0.15) is 11.6 Å². The van der Waals surface area contributed by atoms with Crippen LogP contribution in [0.4, 0.5) is 22.0 Å². The van der Waals surface area contributed by atoms with Gasteiger partial charge in [-0.15, -0.1) is 0 Å². The molecule has 6 nitrogen and oxygen atoms in total. The predicted molar refractivity (Wildman–Crippen MR) is 94.3 cm³/mol. The Kier molecular flexibility index (Phi) is 4.05. The highest BCUT2D eigenvalue weighted by Gasteiger charge is 2.25. The maximum atomic E-state index is 13.0. The van der Waals surface area contributed by atoms with Gasteiger partial charge in [-0.2, -0.15) is 10.1 Å². The van der Waals surface area contributed by atoms with Crippen LogP contribution in [0.15, 0.2) is 42.6 Å². The second kappa shape index (κ2) is 6.51. The molecule has 25 heavy (non-hydrogen) atoms. The van der Waals surface area contributed by atoms with E-state index in [0.717, 1.165) is 11.4 Å². The number of benzene rings is 1. The van der Waals surface area contributed by atoms with Crippen LogP contribution in [0.3, 0.4) is 0 Å². The van der Waals surface area contributed by atoms with Gasteiger partial charge in [0, 0.05) is 23.9 Å². The number of hydrogen-bond acceptors (Lipinski definition) is 5. The molecule has 3 aromatic rings. The van der Waals surface area contributed by atoms with Crippen molar-refractivity contribution in [3.05, 3.63) is 59.7 Å². The van der Waals surface area contributed by atoms with Crippen molar-refractivity contribution in [3.8, 4) is 0 Å². The van der Waals surface area contributed by atoms with Gasteiger partial charge in [-0.3, -0.25) is 5.10 Å². The van der Waals surface area contributed by atoms with Crippen LogP contribution in [0.25, 0.3) is 0 Å². The molecule has 1 aliphatic rings. The van der Waals surface area contributed by atoms with Crippen LogP contribution in [0, 0.1) is 5.82 Å². The Balaban J connectivity index is 1.44. The molecule has 0 unspecified atom stereocenters. The average Bonchev–Trinajstić information content (AvgIpc) is 3.36. The maximum Gasteiger partial charge on any atom is 0.225 e. The van der Waals surface area contributed by atoms with Gasteiger partial charge in [-0.1, -0.05) is 12.1 Å². The SMILES string of the molecule is C[C@H](Nc1nccc(Nc2cc(C3CC3)[nH]n2)n1)c1ccc(F)cc1. The predicted octanol–water partition coefficient (Wildman–Crippen LogP) is 4.13. The van der Waals surface area contributed by atoms with E-state index in [0.29, 0.717) is 17.7 Å². The molecule has 0 amide bonds. The zero-order valence-corrected chi connectivity index (χ0v) is 13.8. The molecule has 1 fully saturated rings. The molecule has 1 aromatic carbocycles. The van der Waals surface area contributed by atoms with Crippen molar-refractivity contribution in [2.24, 2.45) is 0 Å². The third-order valence-corrected chi connectivity index (χ3v) is 4.24. The first-order chi connectivity index (χ1) is 12.2. The summed E-state index contributed by atoms with van der Waals surface area (Å²) in [6, 6.07) is 10.2. The number of aromatic nitrogens is 4. The van der Waals surface area contributed by atoms with E-state index < -0.39 is 0 Å². The zero-order valence-electron chi connectivity index (χ0n) is 13.8. The number of hydrogen-bond donors (Lipinski definition) is 3. The van der Waals surface area contributed by atoms with Gasteiger partial charge >= 0.3 is 0 Å². The molecule has 3 N–H and O–H groups in total. The summed E-state index contributed by atoms with van der Waals surface area (Å²) in [6.07, 6.45) is 4.14. The standard InChI is InChI=1S/C18H19FN6/c1-11(12-4-6-14(19)7-5-12)21-18-20-9-8-16(23-18)22-17-10-15(24-25-17)13-2-3-13/h4-11,13H,2-3H2,1H3,(H3,20,21,22,23,24,25)/t11-/m0/s1. The monoisotopic (exact) mass is 338 g/mol. The minimum atomic E-state index is -0.247. The van der Waals surface area contributed by atoms with Crippen LogP contribution in [0.5, 0.6) is 0 Å². The Morgan fingerprint density at radius 1 is 1.16 bits per heavy atom. The summed E-state index contributed by atoms with van der Waals surface area (Å²) in [5, 5.41) is 13.7. The molecule has 4 rings (SSSR count). The third kappa shape index (κ3) is 3.76. The Bertz CT molecular complexity index is 856. The van der Waals surface area contributed by atoms with Crippen LogP contribution in [-0.2, 0) is 0 Å². The average molecular weight is 338 g/mol. The molecule has 7 heteroatoms. The molecule has 2 aromatic heterocycles. The summed E-state index contributed by atoms with van der Waals surface area (Å²) in [6.45, 7) is 1.98. The quantitative estimate of drug-likeness (QED) is 0.630. The largest absolute Gasteiger partial charge is 0.348 e. The van der Waals surface area contributed by atoms with Gasteiger partial charge in [0.2, 0.25) is 5.95 Å².